The summed E-state index contributed by atoms with van der Waals surface area (Å²) in [5.41, 5.74) is 0.954. The maximum absolute atomic E-state index is 11.1. The van der Waals surface area contributed by atoms with Crippen LogP contribution in [0.1, 0.15) is 11.1 Å². The van der Waals surface area contributed by atoms with E-state index in [1.807, 2.05) is 6.26 Å². The van der Waals surface area contributed by atoms with E-state index in [4.69, 9.17) is 19.7 Å². The Kier molecular flexibility index (Phi) is 8.65. The van der Waals surface area contributed by atoms with Gasteiger partial charge in [0.25, 0.3) is 0 Å². The first-order valence-corrected chi connectivity index (χ1v) is 10.2. The summed E-state index contributed by atoms with van der Waals surface area (Å²) in [6.07, 6.45) is 5.67. The van der Waals surface area contributed by atoms with Crippen LogP contribution in [0, 0.1) is 0 Å². The topological polar surface area (TPSA) is 145 Å². The van der Waals surface area contributed by atoms with Crippen molar-refractivity contribution < 1.29 is 28.1 Å². The van der Waals surface area contributed by atoms with Crippen LogP contribution in [0.3, 0.4) is 0 Å². The summed E-state index contributed by atoms with van der Waals surface area (Å²) in [5, 5.41) is 18.0. The van der Waals surface area contributed by atoms with Crippen molar-refractivity contribution in [1.82, 2.24) is 19.9 Å². The van der Waals surface area contributed by atoms with E-state index >= 15 is 0 Å². The van der Waals surface area contributed by atoms with Gasteiger partial charge in [-0.15, -0.1) is 0 Å². The molecule has 26 heavy (non-hydrogen) atoms. The number of aliphatic hydroxyl groups excluding tert-OH is 2. The summed E-state index contributed by atoms with van der Waals surface area (Å²) in [6.45, 7) is -0.398. The standard InChI is InChI=1S/C7H10N2O4S.C7H10N2O2S/c1-13-6-5(4-10)3-8-7(9-6)14(2,11)12;1-11-6-5(4-10)3-8-7(9-6)12-2/h3,10H,4H2,1-2H3;3,10H,4H2,1-2H3. The van der Waals surface area contributed by atoms with Gasteiger partial charge in [0, 0.05) is 18.6 Å². The Morgan fingerprint density at radius 2 is 1.50 bits per heavy atom. The molecule has 0 bridgehead atoms. The molecule has 0 spiro atoms. The molecule has 0 radical (unpaired) electrons. The Labute approximate surface area is 155 Å². The van der Waals surface area contributed by atoms with Crippen LogP contribution in [-0.4, -0.2) is 65.3 Å². The number of sulfone groups is 1. The Hall–Kier alpha value is -2.02. The average molecular weight is 404 g/mol. The SMILES string of the molecule is COc1nc(S(C)(=O)=O)ncc1CO.COc1nc(SC)ncc1CO. The van der Waals surface area contributed by atoms with Crippen LogP contribution in [0.25, 0.3) is 0 Å². The van der Waals surface area contributed by atoms with Crippen molar-refractivity contribution in [3.05, 3.63) is 23.5 Å². The fourth-order valence-corrected chi connectivity index (χ4v) is 2.42. The van der Waals surface area contributed by atoms with E-state index in [2.05, 4.69) is 19.9 Å². The molecular formula is C14H20N4O6S2. The number of ether oxygens (including phenoxy) is 2. The van der Waals surface area contributed by atoms with Gasteiger partial charge in [-0.05, 0) is 6.26 Å². The Balaban J connectivity index is 0.000000263. The van der Waals surface area contributed by atoms with Gasteiger partial charge >= 0.3 is 0 Å². The van der Waals surface area contributed by atoms with Crippen LogP contribution < -0.4 is 9.47 Å². The molecule has 0 aromatic carbocycles. The number of nitrogens with zero attached hydrogens (tertiary/aromatic N) is 4. The van der Waals surface area contributed by atoms with E-state index in [0.29, 0.717) is 22.2 Å². The molecule has 0 fully saturated rings. The summed E-state index contributed by atoms with van der Waals surface area (Å²) < 4.78 is 31.9. The number of hydrogen-bond donors (Lipinski definition) is 2. The highest BCUT2D eigenvalue weighted by molar-refractivity contribution is 7.98. The zero-order chi connectivity index (χ0) is 19.7. The maximum Gasteiger partial charge on any atom is 0.250 e. The highest BCUT2D eigenvalue weighted by atomic mass is 32.2. The lowest BCUT2D eigenvalue weighted by Gasteiger charge is -2.05. The quantitative estimate of drug-likeness (QED) is 0.498. The third kappa shape index (κ3) is 6.05. The molecule has 2 rings (SSSR count). The van der Waals surface area contributed by atoms with E-state index < -0.39 is 9.84 Å². The monoisotopic (exact) mass is 404 g/mol. The fourth-order valence-electron chi connectivity index (χ4n) is 1.60. The molecule has 2 aromatic rings. The average Bonchev–Trinajstić information content (AvgIpc) is 2.66. The molecule has 2 aromatic heterocycles. The summed E-state index contributed by atoms with van der Waals surface area (Å²) in [4.78, 5) is 15.3. The third-order valence-electron chi connectivity index (χ3n) is 2.85. The van der Waals surface area contributed by atoms with Gasteiger partial charge in [-0.3, -0.25) is 0 Å². The number of thioether (sulfide) groups is 1. The van der Waals surface area contributed by atoms with Crippen molar-refractivity contribution in [3.8, 4) is 11.8 Å². The second-order valence-electron chi connectivity index (χ2n) is 4.67. The van der Waals surface area contributed by atoms with Gasteiger partial charge in [-0.2, -0.15) is 9.97 Å². The smallest absolute Gasteiger partial charge is 0.250 e. The van der Waals surface area contributed by atoms with E-state index in [1.165, 1.54) is 32.2 Å². The van der Waals surface area contributed by atoms with Crippen molar-refractivity contribution >= 4 is 21.6 Å². The van der Waals surface area contributed by atoms with Crippen molar-refractivity contribution in [3.63, 3.8) is 0 Å². The van der Waals surface area contributed by atoms with Crippen LogP contribution in [-0.2, 0) is 23.1 Å². The van der Waals surface area contributed by atoms with E-state index in [9.17, 15) is 8.42 Å². The number of hydrogen-bond acceptors (Lipinski definition) is 11. The summed E-state index contributed by atoms with van der Waals surface area (Å²) in [7, 11) is -0.584. The van der Waals surface area contributed by atoms with Gasteiger partial charge in [-0.1, -0.05) is 11.8 Å². The molecule has 144 valence electrons. The first kappa shape index (κ1) is 22.0. The highest BCUT2D eigenvalue weighted by Gasteiger charge is 2.14. The molecule has 0 amide bonds. The minimum Gasteiger partial charge on any atom is -0.481 e. The first-order chi connectivity index (χ1) is 12.3. The van der Waals surface area contributed by atoms with Crippen LogP contribution >= 0.6 is 11.8 Å². The van der Waals surface area contributed by atoms with Gasteiger partial charge in [0.05, 0.1) is 38.6 Å². The molecule has 2 N–H and O–H groups in total. The van der Waals surface area contributed by atoms with Crippen molar-refractivity contribution in [2.45, 2.75) is 23.5 Å². The van der Waals surface area contributed by atoms with Gasteiger partial charge in [0.2, 0.25) is 26.8 Å². The normalized spacial score (nSPS) is 10.7. The van der Waals surface area contributed by atoms with Crippen LogP contribution in [0.5, 0.6) is 11.8 Å². The number of methoxy groups -OCH3 is 2. The van der Waals surface area contributed by atoms with E-state index in [0.717, 1.165) is 6.26 Å². The molecule has 0 aliphatic heterocycles. The predicted octanol–water partition coefficient (Wildman–Crippen LogP) is 0.0804. The molecule has 0 saturated carbocycles. The lowest BCUT2D eigenvalue weighted by Crippen LogP contribution is -2.07. The molecule has 2 heterocycles. The minimum absolute atomic E-state index is 0.0722. The number of rotatable bonds is 6. The van der Waals surface area contributed by atoms with Crippen molar-refractivity contribution in [2.24, 2.45) is 0 Å². The Bertz CT molecular complexity index is 832. The minimum atomic E-state index is -3.44. The summed E-state index contributed by atoms with van der Waals surface area (Å²) in [5.74, 6) is 0.514. The Morgan fingerprint density at radius 1 is 1.00 bits per heavy atom. The molecule has 0 unspecified atom stereocenters. The van der Waals surface area contributed by atoms with Crippen LogP contribution in [0.4, 0.5) is 0 Å². The zero-order valence-corrected chi connectivity index (χ0v) is 16.3. The number of aromatic nitrogens is 4. The van der Waals surface area contributed by atoms with Crippen LogP contribution in [0.15, 0.2) is 22.7 Å². The largest absolute Gasteiger partial charge is 0.481 e. The van der Waals surface area contributed by atoms with Gasteiger partial charge in [0.15, 0.2) is 5.16 Å². The van der Waals surface area contributed by atoms with Gasteiger partial charge in [-0.25, -0.2) is 18.4 Å². The molecule has 0 aliphatic rings. The van der Waals surface area contributed by atoms with Crippen LogP contribution in [0.2, 0.25) is 0 Å². The summed E-state index contributed by atoms with van der Waals surface area (Å²) >= 11 is 1.43. The van der Waals surface area contributed by atoms with E-state index in [1.54, 1.807) is 6.20 Å². The zero-order valence-electron chi connectivity index (χ0n) is 14.7. The first-order valence-electron chi connectivity index (χ1n) is 7.06. The molecule has 0 aliphatic carbocycles. The lowest BCUT2D eigenvalue weighted by molar-refractivity contribution is 0.269. The van der Waals surface area contributed by atoms with Crippen molar-refractivity contribution in [1.29, 1.82) is 0 Å². The number of aliphatic hydroxyl groups is 2. The fraction of sp³-hybridized carbons (Fsp3) is 0.429. The Morgan fingerprint density at radius 3 is 1.92 bits per heavy atom. The van der Waals surface area contributed by atoms with E-state index in [-0.39, 0.29) is 24.3 Å². The molecular weight excluding hydrogens is 384 g/mol. The molecule has 0 atom stereocenters. The highest BCUT2D eigenvalue weighted by Crippen LogP contribution is 2.18. The second kappa shape index (κ2) is 10.2. The predicted molar refractivity (Wildman–Crippen MR) is 93.9 cm³/mol. The summed E-state index contributed by atoms with van der Waals surface area (Å²) in [6, 6.07) is 0. The van der Waals surface area contributed by atoms with Gasteiger partial charge in [0.1, 0.15) is 0 Å². The molecule has 10 nitrogen and oxygen atoms in total. The molecule has 12 heteroatoms. The van der Waals surface area contributed by atoms with Gasteiger partial charge < -0.3 is 19.7 Å². The maximum atomic E-state index is 11.1. The lowest BCUT2D eigenvalue weighted by atomic mass is 10.3. The van der Waals surface area contributed by atoms with Crippen molar-refractivity contribution in [2.75, 3.05) is 26.7 Å². The molecule has 0 saturated heterocycles. The third-order valence-corrected chi connectivity index (χ3v) is 4.27. The second-order valence-corrected chi connectivity index (χ2v) is 7.35.